The Bertz CT molecular complexity index is 605. The van der Waals surface area contributed by atoms with Crippen molar-refractivity contribution < 1.29 is 14.5 Å². The quantitative estimate of drug-likeness (QED) is 0.426. The highest BCUT2D eigenvalue weighted by Gasteiger charge is 2.26. The molecule has 2 rings (SSSR count). The molecule has 0 radical (unpaired) electrons. The molecule has 0 spiro atoms. The standard InChI is InChI=1S/C13H14IN3O4/c1-15-5-2-6-16(8-12(15)18)13(19)10-7-9(17(20)21)3-4-11(10)14/h3-4,7H,2,5-6,8H2,1H3. The van der Waals surface area contributed by atoms with Crippen molar-refractivity contribution in [2.24, 2.45) is 0 Å². The molecule has 1 saturated heterocycles. The molecule has 0 N–H and O–H groups in total. The van der Waals surface area contributed by atoms with Gasteiger partial charge in [0, 0.05) is 35.8 Å². The van der Waals surface area contributed by atoms with Gasteiger partial charge in [-0.3, -0.25) is 19.7 Å². The highest BCUT2D eigenvalue weighted by molar-refractivity contribution is 14.1. The molecule has 21 heavy (non-hydrogen) atoms. The van der Waals surface area contributed by atoms with Gasteiger partial charge < -0.3 is 9.80 Å². The van der Waals surface area contributed by atoms with E-state index in [2.05, 4.69) is 0 Å². The first kappa shape index (κ1) is 15.7. The van der Waals surface area contributed by atoms with E-state index in [1.165, 1.54) is 23.1 Å². The summed E-state index contributed by atoms with van der Waals surface area (Å²) in [5.74, 6) is -0.465. The van der Waals surface area contributed by atoms with E-state index in [0.717, 1.165) is 0 Å². The number of nitro benzene ring substituents is 1. The van der Waals surface area contributed by atoms with Crippen LogP contribution in [0.3, 0.4) is 0 Å². The maximum absolute atomic E-state index is 12.5. The summed E-state index contributed by atoms with van der Waals surface area (Å²) in [4.78, 5) is 37.7. The van der Waals surface area contributed by atoms with Crippen molar-refractivity contribution in [1.29, 1.82) is 0 Å². The summed E-state index contributed by atoms with van der Waals surface area (Å²) >= 11 is 1.97. The summed E-state index contributed by atoms with van der Waals surface area (Å²) in [7, 11) is 1.70. The van der Waals surface area contributed by atoms with Crippen LogP contribution >= 0.6 is 22.6 Å². The molecule has 1 aromatic carbocycles. The normalized spacial score (nSPS) is 15.8. The molecule has 0 bridgehead atoms. The maximum Gasteiger partial charge on any atom is 0.270 e. The fourth-order valence-corrected chi connectivity index (χ4v) is 2.69. The number of carbonyl (C=O) groups excluding carboxylic acids is 2. The summed E-state index contributed by atoms with van der Waals surface area (Å²) in [5.41, 5.74) is 0.138. The van der Waals surface area contributed by atoms with Gasteiger partial charge in [0.25, 0.3) is 11.6 Å². The number of rotatable bonds is 2. The van der Waals surface area contributed by atoms with E-state index < -0.39 is 4.92 Å². The van der Waals surface area contributed by atoms with Crippen LogP contribution in [0.1, 0.15) is 16.8 Å². The average molecular weight is 403 g/mol. The fraction of sp³-hybridized carbons (Fsp3) is 0.385. The van der Waals surface area contributed by atoms with Gasteiger partial charge in [-0.1, -0.05) is 0 Å². The van der Waals surface area contributed by atoms with E-state index >= 15 is 0 Å². The number of nitrogens with zero attached hydrogens (tertiary/aromatic N) is 3. The molecule has 1 aliphatic rings. The Balaban J connectivity index is 2.29. The van der Waals surface area contributed by atoms with Gasteiger partial charge in [-0.25, -0.2) is 0 Å². The maximum atomic E-state index is 12.5. The second kappa shape index (κ2) is 6.37. The molecule has 1 heterocycles. The average Bonchev–Trinajstić information content (AvgIpc) is 2.61. The molecule has 1 aliphatic heterocycles. The van der Waals surface area contributed by atoms with Crippen molar-refractivity contribution in [3.8, 4) is 0 Å². The number of nitro groups is 1. The van der Waals surface area contributed by atoms with Gasteiger partial charge in [0.1, 0.15) is 6.54 Å². The van der Waals surface area contributed by atoms with Crippen LogP contribution in [0.15, 0.2) is 18.2 Å². The van der Waals surface area contributed by atoms with Crippen molar-refractivity contribution >= 4 is 40.1 Å². The summed E-state index contributed by atoms with van der Waals surface area (Å²) in [6.45, 7) is 1.08. The van der Waals surface area contributed by atoms with Crippen molar-refractivity contribution in [2.75, 3.05) is 26.7 Å². The number of amides is 2. The summed E-state index contributed by atoms with van der Waals surface area (Å²) < 4.78 is 0.633. The lowest BCUT2D eigenvalue weighted by Crippen LogP contribution is -2.38. The number of non-ortho nitro benzene ring substituents is 1. The van der Waals surface area contributed by atoms with E-state index in [1.807, 2.05) is 22.6 Å². The predicted octanol–water partition coefficient (Wildman–Crippen LogP) is 1.50. The Morgan fingerprint density at radius 3 is 2.76 bits per heavy atom. The van der Waals surface area contributed by atoms with Crippen molar-refractivity contribution in [3.05, 3.63) is 37.4 Å². The number of benzene rings is 1. The lowest BCUT2D eigenvalue weighted by Gasteiger charge is -2.20. The van der Waals surface area contributed by atoms with E-state index in [9.17, 15) is 19.7 Å². The topological polar surface area (TPSA) is 83.8 Å². The molecular weight excluding hydrogens is 389 g/mol. The van der Waals surface area contributed by atoms with Crippen molar-refractivity contribution in [3.63, 3.8) is 0 Å². The molecule has 0 aliphatic carbocycles. The van der Waals surface area contributed by atoms with Crippen LogP contribution in [-0.4, -0.2) is 53.2 Å². The minimum absolute atomic E-state index is 0.00804. The number of halogens is 1. The Labute approximate surface area is 135 Å². The lowest BCUT2D eigenvalue weighted by molar-refractivity contribution is -0.384. The zero-order chi connectivity index (χ0) is 15.6. The molecule has 0 unspecified atom stereocenters. The molecule has 2 amide bonds. The molecule has 7 nitrogen and oxygen atoms in total. The minimum Gasteiger partial charge on any atom is -0.344 e. The van der Waals surface area contributed by atoms with Gasteiger partial charge in [-0.05, 0) is 35.1 Å². The molecule has 0 atom stereocenters. The van der Waals surface area contributed by atoms with Gasteiger partial charge in [0.15, 0.2) is 0 Å². The zero-order valence-electron chi connectivity index (χ0n) is 11.4. The minimum atomic E-state index is -0.534. The second-order valence-electron chi connectivity index (χ2n) is 4.82. The van der Waals surface area contributed by atoms with E-state index in [0.29, 0.717) is 23.1 Å². The Kier molecular flexibility index (Phi) is 4.76. The zero-order valence-corrected chi connectivity index (χ0v) is 13.6. The molecule has 0 aromatic heterocycles. The van der Waals surface area contributed by atoms with Gasteiger partial charge in [-0.2, -0.15) is 0 Å². The van der Waals surface area contributed by atoms with E-state index in [1.54, 1.807) is 11.9 Å². The van der Waals surface area contributed by atoms with Crippen LogP contribution in [0.5, 0.6) is 0 Å². The van der Waals surface area contributed by atoms with Gasteiger partial charge in [-0.15, -0.1) is 0 Å². The molecule has 8 heteroatoms. The first-order valence-corrected chi connectivity index (χ1v) is 7.45. The number of hydrogen-bond donors (Lipinski definition) is 0. The van der Waals surface area contributed by atoms with Crippen LogP contribution in [0.4, 0.5) is 5.69 Å². The highest BCUT2D eigenvalue weighted by atomic mass is 127. The number of likely N-dealkylation sites (N-methyl/N-ethyl adjacent to an activating group) is 1. The van der Waals surface area contributed by atoms with Crippen molar-refractivity contribution in [2.45, 2.75) is 6.42 Å². The van der Waals surface area contributed by atoms with Crippen LogP contribution in [0.25, 0.3) is 0 Å². The molecule has 1 aromatic rings. The lowest BCUT2D eigenvalue weighted by atomic mass is 10.1. The monoisotopic (exact) mass is 403 g/mol. The first-order chi connectivity index (χ1) is 9.90. The van der Waals surface area contributed by atoms with Crippen LogP contribution in [-0.2, 0) is 4.79 Å². The molecule has 0 saturated carbocycles. The van der Waals surface area contributed by atoms with Gasteiger partial charge in [0.2, 0.25) is 5.91 Å². The largest absolute Gasteiger partial charge is 0.344 e. The van der Waals surface area contributed by atoms with Gasteiger partial charge >= 0.3 is 0 Å². The third-order valence-electron chi connectivity index (χ3n) is 3.35. The SMILES string of the molecule is CN1CCCN(C(=O)c2cc([N+](=O)[O-])ccc2I)CC1=O. The van der Waals surface area contributed by atoms with E-state index in [-0.39, 0.29) is 29.6 Å². The van der Waals surface area contributed by atoms with Crippen LogP contribution in [0.2, 0.25) is 0 Å². The number of hydrogen-bond acceptors (Lipinski definition) is 4. The highest BCUT2D eigenvalue weighted by Crippen LogP contribution is 2.21. The Morgan fingerprint density at radius 1 is 1.38 bits per heavy atom. The Morgan fingerprint density at radius 2 is 2.10 bits per heavy atom. The third-order valence-corrected chi connectivity index (χ3v) is 4.29. The van der Waals surface area contributed by atoms with Crippen molar-refractivity contribution in [1.82, 2.24) is 9.80 Å². The summed E-state index contributed by atoms with van der Waals surface area (Å²) in [6.07, 6.45) is 0.694. The molecular formula is C13H14IN3O4. The third kappa shape index (κ3) is 3.49. The van der Waals surface area contributed by atoms with Crippen LogP contribution < -0.4 is 0 Å². The fourth-order valence-electron chi connectivity index (χ4n) is 2.12. The van der Waals surface area contributed by atoms with Crippen LogP contribution in [0, 0.1) is 13.7 Å². The molecule has 112 valence electrons. The molecule has 1 fully saturated rings. The second-order valence-corrected chi connectivity index (χ2v) is 5.98. The summed E-state index contributed by atoms with van der Waals surface area (Å²) in [6, 6.07) is 4.17. The predicted molar refractivity (Wildman–Crippen MR) is 84.0 cm³/mol. The first-order valence-electron chi connectivity index (χ1n) is 6.37. The Hall–Kier alpha value is -1.71. The number of carbonyl (C=O) groups is 2. The van der Waals surface area contributed by atoms with Gasteiger partial charge in [0.05, 0.1) is 10.5 Å². The summed E-state index contributed by atoms with van der Waals surface area (Å²) in [5, 5.41) is 10.8. The smallest absolute Gasteiger partial charge is 0.270 e. The van der Waals surface area contributed by atoms with E-state index in [4.69, 9.17) is 0 Å².